The first-order chi connectivity index (χ1) is 10.1. The van der Waals surface area contributed by atoms with Gasteiger partial charge in [0.15, 0.2) is 11.5 Å². The molecule has 0 saturated carbocycles. The van der Waals surface area contributed by atoms with E-state index < -0.39 is 0 Å². The highest BCUT2D eigenvalue weighted by Crippen LogP contribution is 2.37. The minimum absolute atomic E-state index is 0.417. The molecule has 0 aliphatic carbocycles. The zero-order chi connectivity index (χ0) is 15.2. The van der Waals surface area contributed by atoms with Crippen molar-refractivity contribution in [1.29, 1.82) is 0 Å². The molecule has 1 aromatic carbocycles. The highest BCUT2D eigenvalue weighted by molar-refractivity contribution is 7.16. The first kappa shape index (κ1) is 16.4. The average Bonchev–Trinajstić information content (AvgIpc) is 2.89. The summed E-state index contributed by atoms with van der Waals surface area (Å²) in [6.07, 6.45) is 0. The van der Waals surface area contributed by atoms with Gasteiger partial charge in [-0.3, -0.25) is 0 Å². The summed E-state index contributed by atoms with van der Waals surface area (Å²) in [5, 5.41) is 3.80. The molecule has 0 spiro atoms. The van der Waals surface area contributed by atoms with E-state index in [4.69, 9.17) is 32.7 Å². The van der Waals surface area contributed by atoms with E-state index in [2.05, 4.69) is 12.2 Å². The molecule has 0 fully saturated rings. The van der Waals surface area contributed by atoms with Crippen LogP contribution in [0.4, 0.5) is 0 Å². The van der Waals surface area contributed by atoms with Gasteiger partial charge in [-0.2, -0.15) is 0 Å². The summed E-state index contributed by atoms with van der Waals surface area (Å²) in [7, 11) is 1.61. The van der Waals surface area contributed by atoms with Crippen molar-refractivity contribution < 1.29 is 9.47 Å². The number of halogens is 2. The lowest BCUT2D eigenvalue weighted by molar-refractivity contribution is 0.287. The fourth-order valence-electron chi connectivity index (χ4n) is 1.86. The predicted octanol–water partition coefficient (Wildman–Crippen LogP) is 4.75. The van der Waals surface area contributed by atoms with Crippen molar-refractivity contribution in [3.8, 4) is 11.5 Å². The Kier molecular flexibility index (Phi) is 6.18. The maximum atomic E-state index is 6.31. The van der Waals surface area contributed by atoms with E-state index >= 15 is 0 Å². The molecule has 3 nitrogen and oxygen atoms in total. The Hall–Kier alpha value is -0.940. The molecule has 0 radical (unpaired) electrons. The second-order valence-corrected chi connectivity index (χ2v) is 6.59. The van der Waals surface area contributed by atoms with Crippen LogP contribution in [-0.2, 0) is 13.2 Å². The van der Waals surface area contributed by atoms with Crippen LogP contribution in [-0.4, -0.2) is 13.7 Å². The molecule has 0 saturated heterocycles. The summed E-state index contributed by atoms with van der Waals surface area (Å²) < 4.78 is 11.9. The van der Waals surface area contributed by atoms with Crippen molar-refractivity contribution in [2.45, 2.75) is 20.1 Å². The van der Waals surface area contributed by atoms with Crippen molar-refractivity contribution in [1.82, 2.24) is 5.32 Å². The molecule has 2 rings (SSSR count). The summed E-state index contributed by atoms with van der Waals surface area (Å²) in [4.78, 5) is 1.04. The van der Waals surface area contributed by atoms with E-state index in [0.29, 0.717) is 23.1 Å². The smallest absolute Gasteiger partial charge is 0.180 e. The van der Waals surface area contributed by atoms with Crippen LogP contribution >= 0.6 is 34.5 Å². The Labute approximate surface area is 138 Å². The fraction of sp³-hybridized carbons (Fsp3) is 0.333. The number of benzene rings is 1. The highest BCUT2D eigenvalue weighted by atomic mass is 35.5. The van der Waals surface area contributed by atoms with Crippen LogP contribution in [0.25, 0.3) is 0 Å². The van der Waals surface area contributed by atoms with Gasteiger partial charge in [0.2, 0.25) is 0 Å². The first-order valence-corrected chi connectivity index (χ1v) is 8.15. The molecule has 0 unspecified atom stereocenters. The van der Waals surface area contributed by atoms with Crippen LogP contribution in [0.15, 0.2) is 24.3 Å². The average molecular weight is 346 g/mol. The van der Waals surface area contributed by atoms with Crippen molar-refractivity contribution in [2.24, 2.45) is 0 Å². The molecule has 0 aliphatic rings. The number of thiophene rings is 1. The van der Waals surface area contributed by atoms with Gasteiger partial charge in [0, 0.05) is 11.4 Å². The lowest BCUT2D eigenvalue weighted by Crippen LogP contribution is -2.12. The third-order valence-electron chi connectivity index (χ3n) is 2.86. The van der Waals surface area contributed by atoms with Gasteiger partial charge < -0.3 is 14.8 Å². The van der Waals surface area contributed by atoms with Crippen molar-refractivity contribution in [3.05, 3.63) is 44.1 Å². The van der Waals surface area contributed by atoms with E-state index in [1.165, 1.54) is 11.3 Å². The third kappa shape index (κ3) is 4.51. The Morgan fingerprint density at radius 2 is 2.05 bits per heavy atom. The van der Waals surface area contributed by atoms with E-state index in [1.54, 1.807) is 7.11 Å². The largest absolute Gasteiger partial charge is 0.493 e. The maximum absolute atomic E-state index is 6.31. The monoisotopic (exact) mass is 345 g/mol. The number of nitrogens with one attached hydrogen (secondary N) is 1. The second-order valence-electron chi connectivity index (χ2n) is 4.38. The van der Waals surface area contributed by atoms with Gasteiger partial charge in [-0.15, -0.1) is 11.3 Å². The van der Waals surface area contributed by atoms with Crippen LogP contribution in [0.2, 0.25) is 9.36 Å². The van der Waals surface area contributed by atoms with Gasteiger partial charge in [0.25, 0.3) is 0 Å². The normalized spacial score (nSPS) is 10.7. The minimum atomic E-state index is 0.417. The minimum Gasteiger partial charge on any atom is -0.493 e. The predicted molar refractivity (Wildman–Crippen MR) is 89.0 cm³/mol. The molecule has 6 heteroatoms. The lowest BCUT2D eigenvalue weighted by atomic mass is 10.2. The maximum Gasteiger partial charge on any atom is 0.180 e. The lowest BCUT2D eigenvalue weighted by Gasteiger charge is -2.14. The molecule has 0 bridgehead atoms. The summed E-state index contributed by atoms with van der Waals surface area (Å²) in [6, 6.07) is 7.62. The van der Waals surface area contributed by atoms with Crippen molar-refractivity contribution in [3.63, 3.8) is 0 Å². The van der Waals surface area contributed by atoms with Crippen LogP contribution in [0.5, 0.6) is 11.5 Å². The van der Waals surface area contributed by atoms with E-state index in [1.807, 2.05) is 24.3 Å². The van der Waals surface area contributed by atoms with E-state index in [-0.39, 0.29) is 0 Å². The summed E-state index contributed by atoms with van der Waals surface area (Å²) >= 11 is 13.7. The number of rotatable bonds is 7. The van der Waals surface area contributed by atoms with Gasteiger partial charge in [0.1, 0.15) is 6.61 Å². The Morgan fingerprint density at radius 1 is 1.24 bits per heavy atom. The zero-order valence-corrected chi connectivity index (χ0v) is 14.2. The summed E-state index contributed by atoms with van der Waals surface area (Å²) in [5.41, 5.74) is 1.06. The number of hydrogen-bond acceptors (Lipinski definition) is 4. The molecule has 1 heterocycles. The molecule has 2 aromatic rings. The van der Waals surface area contributed by atoms with Crippen LogP contribution in [0, 0.1) is 0 Å². The highest BCUT2D eigenvalue weighted by Gasteiger charge is 2.12. The van der Waals surface area contributed by atoms with Gasteiger partial charge in [-0.25, -0.2) is 0 Å². The molecule has 0 aliphatic heterocycles. The number of hydrogen-bond donors (Lipinski definition) is 1. The van der Waals surface area contributed by atoms with Crippen LogP contribution in [0.1, 0.15) is 17.4 Å². The Bertz CT molecular complexity index is 601. The molecule has 114 valence electrons. The quantitative estimate of drug-likeness (QED) is 0.785. The second kappa shape index (κ2) is 7.90. The summed E-state index contributed by atoms with van der Waals surface area (Å²) in [5.74, 6) is 1.20. The standard InChI is InChI=1S/C15H17Cl2NO2S/c1-3-18-8-10-6-12(16)15(13(7-10)19-2)20-9-11-4-5-14(17)21-11/h4-7,18H,3,8-9H2,1-2H3. The fourth-order valence-corrected chi connectivity index (χ4v) is 3.15. The van der Waals surface area contributed by atoms with Gasteiger partial charge >= 0.3 is 0 Å². The molecule has 0 atom stereocenters. The van der Waals surface area contributed by atoms with Crippen LogP contribution < -0.4 is 14.8 Å². The van der Waals surface area contributed by atoms with Gasteiger partial charge in [-0.1, -0.05) is 30.1 Å². The molecule has 1 aromatic heterocycles. The Morgan fingerprint density at radius 3 is 2.67 bits per heavy atom. The number of ether oxygens (including phenoxy) is 2. The Balaban J connectivity index is 2.14. The van der Waals surface area contributed by atoms with E-state index in [0.717, 1.165) is 27.9 Å². The number of methoxy groups -OCH3 is 1. The van der Waals surface area contributed by atoms with Gasteiger partial charge in [0.05, 0.1) is 16.5 Å². The van der Waals surface area contributed by atoms with Crippen molar-refractivity contribution >= 4 is 34.5 Å². The van der Waals surface area contributed by atoms with Crippen molar-refractivity contribution in [2.75, 3.05) is 13.7 Å². The molecular weight excluding hydrogens is 329 g/mol. The van der Waals surface area contributed by atoms with E-state index in [9.17, 15) is 0 Å². The molecule has 0 amide bonds. The zero-order valence-electron chi connectivity index (χ0n) is 11.9. The van der Waals surface area contributed by atoms with Gasteiger partial charge in [-0.05, 0) is 36.4 Å². The SMILES string of the molecule is CCNCc1cc(Cl)c(OCc2ccc(Cl)s2)c(OC)c1. The topological polar surface area (TPSA) is 30.5 Å². The molecular formula is C15H17Cl2NO2S. The first-order valence-electron chi connectivity index (χ1n) is 6.58. The van der Waals surface area contributed by atoms with Crippen LogP contribution in [0.3, 0.4) is 0 Å². The molecule has 1 N–H and O–H groups in total. The third-order valence-corrected chi connectivity index (χ3v) is 4.34. The summed E-state index contributed by atoms with van der Waals surface area (Å²) in [6.45, 7) is 4.12. The molecule has 21 heavy (non-hydrogen) atoms.